The molecule has 15 heavy (non-hydrogen) atoms. The van der Waals surface area contributed by atoms with Crippen molar-refractivity contribution < 1.29 is 4.79 Å². The molecule has 0 bridgehead atoms. The van der Waals surface area contributed by atoms with Gasteiger partial charge in [0.1, 0.15) is 5.78 Å². The summed E-state index contributed by atoms with van der Waals surface area (Å²) in [5, 5.41) is 8.23. The number of aryl methyl sites for hydroxylation is 1. The number of rotatable bonds is 5. The molecule has 1 heterocycles. The van der Waals surface area contributed by atoms with Gasteiger partial charge in [0, 0.05) is 13.0 Å². The van der Waals surface area contributed by atoms with Gasteiger partial charge in [-0.2, -0.15) is 0 Å². The Balaban J connectivity index is 2.59. The summed E-state index contributed by atoms with van der Waals surface area (Å²) in [4.78, 5) is 10.8. The van der Waals surface area contributed by atoms with Gasteiger partial charge in [-0.05, 0) is 26.2 Å². The van der Waals surface area contributed by atoms with E-state index < -0.39 is 0 Å². The molecular formula is C11H19N3O. The van der Waals surface area contributed by atoms with E-state index in [4.69, 9.17) is 0 Å². The fourth-order valence-electron chi connectivity index (χ4n) is 1.60. The summed E-state index contributed by atoms with van der Waals surface area (Å²) in [6.07, 6.45) is 1.47. The number of carbonyl (C=O) groups is 1. The molecule has 0 radical (unpaired) electrons. The summed E-state index contributed by atoms with van der Waals surface area (Å²) in [6.45, 7) is 8.65. The van der Waals surface area contributed by atoms with Crippen LogP contribution in [0.2, 0.25) is 0 Å². The largest absolute Gasteiger partial charge is 0.300 e. The van der Waals surface area contributed by atoms with Crippen LogP contribution < -0.4 is 0 Å². The van der Waals surface area contributed by atoms with Gasteiger partial charge in [0.15, 0.2) is 0 Å². The van der Waals surface area contributed by atoms with E-state index in [2.05, 4.69) is 24.2 Å². The van der Waals surface area contributed by atoms with E-state index in [0.717, 1.165) is 24.4 Å². The average Bonchev–Trinajstić information content (AvgIpc) is 2.47. The highest BCUT2D eigenvalue weighted by molar-refractivity contribution is 5.75. The lowest BCUT2D eigenvalue weighted by molar-refractivity contribution is -0.117. The normalized spacial score (nSPS) is 11.0. The molecule has 1 rings (SSSR count). The Morgan fingerprint density at radius 1 is 1.47 bits per heavy atom. The van der Waals surface area contributed by atoms with Gasteiger partial charge in [0.2, 0.25) is 0 Å². The molecule has 0 amide bonds. The second-order valence-corrected chi connectivity index (χ2v) is 4.24. The summed E-state index contributed by atoms with van der Waals surface area (Å²) in [5.74, 6) is 0.642. The van der Waals surface area contributed by atoms with E-state index in [-0.39, 0.29) is 5.78 Å². The van der Waals surface area contributed by atoms with Crippen molar-refractivity contribution in [1.29, 1.82) is 0 Å². The Morgan fingerprint density at radius 3 is 2.60 bits per heavy atom. The average molecular weight is 209 g/mol. The van der Waals surface area contributed by atoms with Crippen LogP contribution in [-0.4, -0.2) is 20.8 Å². The van der Waals surface area contributed by atoms with Gasteiger partial charge in [0.05, 0.1) is 11.4 Å². The zero-order valence-corrected chi connectivity index (χ0v) is 9.95. The van der Waals surface area contributed by atoms with Crippen molar-refractivity contribution in [3.05, 3.63) is 11.4 Å². The van der Waals surface area contributed by atoms with E-state index in [1.165, 1.54) is 0 Å². The first-order valence-electron chi connectivity index (χ1n) is 5.41. The highest BCUT2D eigenvalue weighted by atomic mass is 16.1. The van der Waals surface area contributed by atoms with Crippen LogP contribution >= 0.6 is 0 Å². The van der Waals surface area contributed by atoms with Gasteiger partial charge in [-0.3, -0.25) is 0 Å². The fourth-order valence-corrected chi connectivity index (χ4v) is 1.60. The molecule has 4 heteroatoms. The zero-order valence-electron chi connectivity index (χ0n) is 9.95. The third-order valence-corrected chi connectivity index (χ3v) is 2.46. The van der Waals surface area contributed by atoms with E-state index in [1.807, 2.05) is 11.6 Å². The van der Waals surface area contributed by atoms with Crippen LogP contribution in [0.3, 0.4) is 0 Å². The summed E-state index contributed by atoms with van der Waals surface area (Å²) >= 11 is 0. The molecule has 0 unspecified atom stereocenters. The van der Waals surface area contributed by atoms with Crippen molar-refractivity contribution >= 4 is 5.78 Å². The van der Waals surface area contributed by atoms with Crippen LogP contribution in [0.4, 0.5) is 0 Å². The predicted octanol–water partition coefficient (Wildman–Crippen LogP) is 2.08. The Kier molecular flexibility index (Phi) is 4.00. The second kappa shape index (κ2) is 5.05. The summed E-state index contributed by atoms with van der Waals surface area (Å²) in [6, 6.07) is 0. The molecule has 4 nitrogen and oxygen atoms in total. The number of hydrogen-bond acceptors (Lipinski definition) is 3. The smallest absolute Gasteiger partial charge is 0.129 e. The van der Waals surface area contributed by atoms with Crippen LogP contribution in [0.15, 0.2) is 0 Å². The minimum absolute atomic E-state index is 0.233. The van der Waals surface area contributed by atoms with Crippen LogP contribution in [0.1, 0.15) is 50.9 Å². The van der Waals surface area contributed by atoms with Gasteiger partial charge < -0.3 is 4.79 Å². The van der Waals surface area contributed by atoms with Crippen LogP contribution in [0.5, 0.6) is 0 Å². The molecule has 1 aromatic rings. The highest BCUT2D eigenvalue weighted by Crippen LogP contribution is 2.15. The van der Waals surface area contributed by atoms with E-state index in [1.54, 1.807) is 6.92 Å². The number of Topliss-reactive ketones (excluding diaryl/α,β-unsaturated/α-hetero) is 1. The van der Waals surface area contributed by atoms with E-state index in [0.29, 0.717) is 12.3 Å². The number of nitrogens with zero attached hydrogens (tertiary/aromatic N) is 3. The number of aromatic nitrogens is 3. The predicted molar refractivity (Wildman–Crippen MR) is 58.8 cm³/mol. The molecule has 0 aliphatic heterocycles. The third kappa shape index (κ3) is 3.15. The van der Waals surface area contributed by atoms with Gasteiger partial charge in [-0.1, -0.05) is 19.1 Å². The van der Waals surface area contributed by atoms with Gasteiger partial charge in [-0.25, -0.2) is 4.68 Å². The molecule has 0 spiro atoms. The lowest BCUT2D eigenvalue weighted by Crippen LogP contribution is -2.05. The van der Waals surface area contributed by atoms with Crippen molar-refractivity contribution in [2.45, 2.75) is 53.0 Å². The maximum absolute atomic E-state index is 10.8. The number of hydrogen-bond donors (Lipinski definition) is 0. The first kappa shape index (κ1) is 11.9. The summed E-state index contributed by atoms with van der Waals surface area (Å²) in [5.41, 5.74) is 2.17. The van der Waals surface area contributed by atoms with Crippen molar-refractivity contribution in [3.63, 3.8) is 0 Å². The molecular weight excluding hydrogens is 190 g/mol. The van der Waals surface area contributed by atoms with E-state index in [9.17, 15) is 4.79 Å². The summed E-state index contributed by atoms with van der Waals surface area (Å²) < 4.78 is 1.89. The molecule has 0 aromatic carbocycles. The van der Waals surface area contributed by atoms with Crippen LogP contribution in [-0.2, 0) is 11.3 Å². The van der Waals surface area contributed by atoms with E-state index >= 15 is 0 Å². The van der Waals surface area contributed by atoms with Crippen molar-refractivity contribution in [2.75, 3.05) is 0 Å². The second-order valence-electron chi connectivity index (χ2n) is 4.24. The third-order valence-electron chi connectivity index (χ3n) is 2.46. The molecule has 1 aromatic heterocycles. The lowest BCUT2D eigenvalue weighted by atomic mass is 10.1. The minimum atomic E-state index is 0.233. The van der Waals surface area contributed by atoms with Gasteiger partial charge in [-0.15, -0.1) is 5.10 Å². The molecule has 0 fully saturated rings. The number of carbonyl (C=O) groups excluding carboxylic acids is 1. The Morgan fingerprint density at radius 2 is 2.13 bits per heavy atom. The maximum atomic E-state index is 10.8. The first-order valence-corrected chi connectivity index (χ1v) is 5.41. The summed E-state index contributed by atoms with van der Waals surface area (Å²) in [7, 11) is 0. The topological polar surface area (TPSA) is 47.8 Å². The molecule has 0 aliphatic rings. The standard InChI is InChI=1S/C11H19N3O/c1-8(2)11-10(4)14(13-12-11)7-5-6-9(3)15/h8H,5-7H2,1-4H3. The molecule has 0 saturated carbocycles. The maximum Gasteiger partial charge on any atom is 0.129 e. The SMILES string of the molecule is CC(=O)CCCn1nnc(C(C)C)c1C. The molecule has 84 valence electrons. The lowest BCUT2D eigenvalue weighted by Gasteiger charge is -2.04. The number of ketones is 1. The molecule has 0 saturated heterocycles. The van der Waals surface area contributed by atoms with Crippen molar-refractivity contribution in [1.82, 2.24) is 15.0 Å². The minimum Gasteiger partial charge on any atom is -0.300 e. The fraction of sp³-hybridized carbons (Fsp3) is 0.727. The quantitative estimate of drug-likeness (QED) is 0.746. The Labute approximate surface area is 90.7 Å². The van der Waals surface area contributed by atoms with Gasteiger partial charge >= 0.3 is 0 Å². The van der Waals surface area contributed by atoms with Gasteiger partial charge in [0.25, 0.3) is 0 Å². The van der Waals surface area contributed by atoms with Crippen molar-refractivity contribution in [3.8, 4) is 0 Å². The van der Waals surface area contributed by atoms with Crippen LogP contribution in [0.25, 0.3) is 0 Å². The molecule has 0 N–H and O–H groups in total. The Bertz CT molecular complexity index is 342. The van der Waals surface area contributed by atoms with Crippen molar-refractivity contribution in [2.24, 2.45) is 0 Å². The first-order chi connectivity index (χ1) is 7.02. The monoisotopic (exact) mass is 209 g/mol. The molecule has 0 aliphatic carbocycles. The highest BCUT2D eigenvalue weighted by Gasteiger charge is 2.11. The molecule has 0 atom stereocenters. The van der Waals surface area contributed by atoms with Crippen LogP contribution in [0, 0.1) is 6.92 Å². The Hall–Kier alpha value is -1.19. The zero-order chi connectivity index (χ0) is 11.4.